The van der Waals surface area contributed by atoms with E-state index in [1.165, 1.54) is 30.5 Å². The maximum atomic E-state index is 13.3. The van der Waals surface area contributed by atoms with Crippen LogP contribution in [-0.2, 0) is 0 Å². The van der Waals surface area contributed by atoms with Crippen molar-refractivity contribution in [3.05, 3.63) is 87.8 Å². The van der Waals surface area contributed by atoms with Crippen molar-refractivity contribution in [3.8, 4) is 11.6 Å². The van der Waals surface area contributed by atoms with E-state index in [4.69, 9.17) is 21.4 Å². The number of rotatable bonds is 6. The molecule has 0 aliphatic heterocycles. The number of nitrogens with one attached hydrogen (secondary N) is 1. The van der Waals surface area contributed by atoms with Crippen LogP contribution in [0.2, 0.25) is 5.02 Å². The third-order valence-corrected chi connectivity index (χ3v) is 4.63. The molecule has 0 radical (unpaired) electrons. The summed E-state index contributed by atoms with van der Waals surface area (Å²) in [4.78, 5) is 28.0. The molecular weight excluding hydrogens is 411 g/mol. The Morgan fingerprint density at radius 3 is 2.50 bits per heavy atom. The van der Waals surface area contributed by atoms with Crippen molar-refractivity contribution >= 4 is 23.5 Å². The molecule has 0 spiro atoms. The Hall–Kier alpha value is -3.45. The number of pyridine rings is 1. The highest BCUT2D eigenvalue weighted by atomic mass is 35.5. The van der Waals surface area contributed by atoms with Crippen molar-refractivity contribution in [2.45, 2.75) is 19.9 Å². The standard InChI is InChI=1S/C22H18ClFN2O4/c1-12-9-17(21(25-11-12)30-19-8-7-16(24)10-18(19)23)20(27)26-13(2)14-3-5-15(6-4-14)22(28)29/h3-11,13H,1-2H3,(H,26,27)(H,28,29). The molecule has 1 amide bonds. The van der Waals surface area contributed by atoms with Gasteiger partial charge in [-0.1, -0.05) is 23.7 Å². The van der Waals surface area contributed by atoms with Crippen LogP contribution < -0.4 is 10.1 Å². The Morgan fingerprint density at radius 2 is 1.87 bits per heavy atom. The van der Waals surface area contributed by atoms with Crippen molar-refractivity contribution < 1.29 is 23.8 Å². The summed E-state index contributed by atoms with van der Waals surface area (Å²) in [5.74, 6) is -1.77. The summed E-state index contributed by atoms with van der Waals surface area (Å²) in [5, 5.41) is 11.9. The van der Waals surface area contributed by atoms with E-state index in [0.29, 0.717) is 0 Å². The highest BCUT2D eigenvalue weighted by molar-refractivity contribution is 6.32. The number of carbonyl (C=O) groups excluding carboxylic acids is 1. The highest BCUT2D eigenvalue weighted by Crippen LogP contribution is 2.31. The van der Waals surface area contributed by atoms with E-state index in [2.05, 4.69) is 10.3 Å². The molecule has 30 heavy (non-hydrogen) atoms. The van der Waals surface area contributed by atoms with E-state index in [1.807, 2.05) is 0 Å². The monoisotopic (exact) mass is 428 g/mol. The number of hydrogen-bond acceptors (Lipinski definition) is 4. The number of aromatic carboxylic acids is 1. The van der Waals surface area contributed by atoms with Crippen molar-refractivity contribution in [1.82, 2.24) is 10.3 Å². The van der Waals surface area contributed by atoms with Gasteiger partial charge in [0.05, 0.1) is 16.6 Å². The third-order valence-electron chi connectivity index (χ3n) is 4.34. The molecule has 2 N–H and O–H groups in total. The van der Waals surface area contributed by atoms with Crippen LogP contribution in [0.15, 0.2) is 54.7 Å². The van der Waals surface area contributed by atoms with Crippen molar-refractivity contribution in [3.63, 3.8) is 0 Å². The Labute approximate surface area is 177 Å². The number of aryl methyl sites for hydroxylation is 1. The minimum atomic E-state index is -1.02. The molecule has 1 heterocycles. The minimum absolute atomic E-state index is 0.0278. The van der Waals surface area contributed by atoms with Gasteiger partial charge in [0.1, 0.15) is 17.1 Å². The Bertz CT molecular complexity index is 1100. The number of benzene rings is 2. The molecular formula is C22H18ClFN2O4. The number of amides is 1. The third kappa shape index (κ3) is 4.93. The van der Waals surface area contributed by atoms with Gasteiger partial charge in [-0.3, -0.25) is 4.79 Å². The SMILES string of the molecule is Cc1cnc(Oc2ccc(F)cc2Cl)c(C(=O)NC(C)c2ccc(C(=O)O)cc2)c1. The molecule has 1 aromatic heterocycles. The number of carboxylic acids is 1. The summed E-state index contributed by atoms with van der Waals surface area (Å²) in [6, 6.07) is 11.1. The molecule has 6 nitrogen and oxygen atoms in total. The first-order valence-corrected chi connectivity index (χ1v) is 9.36. The maximum Gasteiger partial charge on any atom is 0.335 e. The summed E-state index contributed by atoms with van der Waals surface area (Å²) in [7, 11) is 0. The first-order chi connectivity index (χ1) is 14.2. The van der Waals surface area contributed by atoms with E-state index >= 15 is 0 Å². The van der Waals surface area contributed by atoms with Crippen LogP contribution in [0.4, 0.5) is 4.39 Å². The molecule has 2 aromatic carbocycles. The number of nitrogens with zero attached hydrogens (tertiary/aromatic N) is 1. The van der Waals surface area contributed by atoms with E-state index in [0.717, 1.165) is 17.2 Å². The van der Waals surface area contributed by atoms with Crippen LogP contribution >= 0.6 is 11.6 Å². The van der Waals surface area contributed by atoms with E-state index < -0.39 is 23.7 Å². The van der Waals surface area contributed by atoms with Gasteiger partial charge in [0.2, 0.25) is 5.88 Å². The smallest absolute Gasteiger partial charge is 0.335 e. The molecule has 0 saturated heterocycles. The molecule has 0 aliphatic rings. The predicted octanol–water partition coefficient (Wildman–Crippen LogP) is 5.16. The van der Waals surface area contributed by atoms with Gasteiger partial charge in [-0.15, -0.1) is 0 Å². The van der Waals surface area contributed by atoms with Crippen molar-refractivity contribution in [2.75, 3.05) is 0 Å². The lowest BCUT2D eigenvalue weighted by molar-refractivity contribution is 0.0696. The number of ether oxygens (including phenoxy) is 1. The van der Waals surface area contributed by atoms with Gasteiger partial charge in [-0.05, 0) is 61.4 Å². The number of aromatic nitrogens is 1. The number of carboxylic acid groups (broad SMARTS) is 1. The fraction of sp³-hybridized carbons (Fsp3) is 0.136. The van der Waals surface area contributed by atoms with Gasteiger partial charge in [0, 0.05) is 6.20 Å². The zero-order chi connectivity index (χ0) is 21.8. The summed E-state index contributed by atoms with van der Waals surface area (Å²) >= 11 is 6.01. The van der Waals surface area contributed by atoms with E-state index in [-0.39, 0.29) is 27.8 Å². The number of carbonyl (C=O) groups is 2. The lowest BCUT2D eigenvalue weighted by Gasteiger charge is -2.16. The first kappa shape index (κ1) is 21.3. The van der Waals surface area contributed by atoms with Crippen LogP contribution in [0.3, 0.4) is 0 Å². The second-order valence-electron chi connectivity index (χ2n) is 6.66. The minimum Gasteiger partial charge on any atom is -0.478 e. The maximum absolute atomic E-state index is 13.3. The summed E-state index contributed by atoms with van der Waals surface area (Å²) < 4.78 is 18.9. The van der Waals surface area contributed by atoms with Crippen LogP contribution in [0.1, 0.15) is 44.8 Å². The average Bonchev–Trinajstić information content (AvgIpc) is 2.71. The first-order valence-electron chi connectivity index (χ1n) is 8.98. The van der Waals surface area contributed by atoms with Crippen LogP contribution in [0, 0.1) is 12.7 Å². The van der Waals surface area contributed by atoms with Gasteiger partial charge >= 0.3 is 5.97 Å². The zero-order valence-corrected chi connectivity index (χ0v) is 16.9. The Morgan fingerprint density at radius 1 is 1.17 bits per heavy atom. The van der Waals surface area contributed by atoms with Gasteiger partial charge in [-0.2, -0.15) is 0 Å². The zero-order valence-electron chi connectivity index (χ0n) is 16.1. The molecule has 3 aromatic rings. The van der Waals surface area contributed by atoms with E-state index in [9.17, 15) is 14.0 Å². The lowest BCUT2D eigenvalue weighted by Crippen LogP contribution is -2.27. The molecule has 0 fully saturated rings. The number of halogens is 2. The van der Waals surface area contributed by atoms with Gasteiger partial charge < -0.3 is 15.2 Å². The molecule has 1 unspecified atom stereocenters. The molecule has 8 heteroatoms. The van der Waals surface area contributed by atoms with Crippen molar-refractivity contribution in [1.29, 1.82) is 0 Å². The van der Waals surface area contributed by atoms with Gasteiger partial charge in [0.25, 0.3) is 5.91 Å². The van der Waals surface area contributed by atoms with Gasteiger partial charge in [-0.25, -0.2) is 14.2 Å². The topological polar surface area (TPSA) is 88.5 Å². The second-order valence-corrected chi connectivity index (χ2v) is 7.07. The van der Waals surface area contributed by atoms with Crippen LogP contribution in [0.25, 0.3) is 0 Å². The molecule has 154 valence electrons. The predicted molar refractivity (Wildman–Crippen MR) is 110 cm³/mol. The van der Waals surface area contributed by atoms with Crippen LogP contribution in [-0.4, -0.2) is 22.0 Å². The fourth-order valence-corrected chi connectivity index (χ4v) is 2.94. The molecule has 3 rings (SSSR count). The Kier molecular flexibility index (Phi) is 6.32. The normalized spacial score (nSPS) is 11.6. The highest BCUT2D eigenvalue weighted by Gasteiger charge is 2.19. The Balaban J connectivity index is 1.82. The van der Waals surface area contributed by atoms with Crippen molar-refractivity contribution in [2.24, 2.45) is 0 Å². The second kappa shape index (κ2) is 8.92. The molecule has 1 atom stereocenters. The molecule has 0 saturated carbocycles. The van der Waals surface area contributed by atoms with E-state index in [1.54, 1.807) is 32.0 Å². The summed E-state index contributed by atoms with van der Waals surface area (Å²) in [6.07, 6.45) is 1.54. The quantitative estimate of drug-likeness (QED) is 0.565. The summed E-state index contributed by atoms with van der Waals surface area (Å²) in [6.45, 7) is 3.56. The largest absolute Gasteiger partial charge is 0.478 e. The van der Waals surface area contributed by atoms with Crippen LogP contribution in [0.5, 0.6) is 11.6 Å². The van der Waals surface area contributed by atoms with Gasteiger partial charge in [0.15, 0.2) is 0 Å². The lowest BCUT2D eigenvalue weighted by atomic mass is 10.1. The average molecular weight is 429 g/mol. The molecule has 0 bridgehead atoms. The number of hydrogen-bond donors (Lipinski definition) is 2. The summed E-state index contributed by atoms with van der Waals surface area (Å²) in [5.41, 5.74) is 1.82. The molecule has 0 aliphatic carbocycles. The fourth-order valence-electron chi connectivity index (χ4n) is 2.73.